The fourth-order valence-corrected chi connectivity index (χ4v) is 2.02. The second-order valence-corrected chi connectivity index (χ2v) is 4.55. The van der Waals surface area contributed by atoms with Crippen LogP contribution in [0.1, 0.15) is 23.0 Å². The molecule has 0 saturated heterocycles. The van der Waals surface area contributed by atoms with Gasteiger partial charge in [0.15, 0.2) is 5.69 Å². The number of nitrogens with zero attached hydrogens (tertiary/aromatic N) is 1. The first kappa shape index (κ1) is 15.4. The summed E-state index contributed by atoms with van der Waals surface area (Å²) in [5, 5.41) is 10.7. The Balaban J connectivity index is 2.40. The fourth-order valence-electron chi connectivity index (χ4n) is 2.02. The van der Waals surface area contributed by atoms with Crippen molar-refractivity contribution in [3.05, 3.63) is 52.1 Å². The van der Waals surface area contributed by atoms with Crippen molar-refractivity contribution in [2.75, 3.05) is 6.54 Å². The molecule has 7 heteroatoms. The minimum atomic E-state index is -1.20. The van der Waals surface area contributed by atoms with E-state index in [-0.39, 0.29) is 5.69 Å². The topological polar surface area (TPSA) is 112 Å². The highest BCUT2D eigenvalue weighted by Crippen LogP contribution is 2.21. The SMILES string of the molecule is CCc1ccccc1-c1c[nH]c(=O)c(C(=O)NCC(=O)O)n1. The Morgan fingerprint density at radius 3 is 2.73 bits per heavy atom. The highest BCUT2D eigenvalue weighted by atomic mass is 16.4. The van der Waals surface area contributed by atoms with Crippen LogP contribution < -0.4 is 10.9 Å². The molecule has 0 unspecified atom stereocenters. The van der Waals surface area contributed by atoms with Crippen molar-refractivity contribution < 1.29 is 14.7 Å². The maximum Gasteiger partial charge on any atom is 0.322 e. The number of aryl methyl sites for hydroxylation is 1. The molecule has 114 valence electrons. The summed E-state index contributed by atoms with van der Waals surface area (Å²) in [5.41, 5.74) is 1.27. The molecule has 7 nitrogen and oxygen atoms in total. The predicted octanol–water partition coefficient (Wildman–Crippen LogP) is 0.814. The van der Waals surface area contributed by atoms with Crippen molar-refractivity contribution in [3.63, 3.8) is 0 Å². The third-order valence-corrected chi connectivity index (χ3v) is 3.08. The number of amides is 1. The van der Waals surface area contributed by atoms with E-state index in [1.807, 2.05) is 31.2 Å². The molecule has 0 radical (unpaired) electrons. The smallest absolute Gasteiger partial charge is 0.322 e. The number of carboxylic acid groups (broad SMARTS) is 1. The van der Waals surface area contributed by atoms with Gasteiger partial charge in [-0.15, -0.1) is 0 Å². The van der Waals surface area contributed by atoms with E-state index in [0.29, 0.717) is 5.69 Å². The van der Waals surface area contributed by atoms with E-state index in [2.05, 4.69) is 15.3 Å². The van der Waals surface area contributed by atoms with Crippen LogP contribution in [0.4, 0.5) is 0 Å². The van der Waals surface area contributed by atoms with Gasteiger partial charge in [-0.2, -0.15) is 0 Å². The zero-order valence-corrected chi connectivity index (χ0v) is 11.9. The average Bonchev–Trinajstić information content (AvgIpc) is 2.53. The number of carbonyl (C=O) groups is 2. The number of carboxylic acids is 1. The van der Waals surface area contributed by atoms with E-state index < -0.39 is 24.0 Å². The Bertz CT molecular complexity index is 767. The molecule has 0 fully saturated rings. The van der Waals surface area contributed by atoms with Crippen LogP contribution in [0.5, 0.6) is 0 Å². The van der Waals surface area contributed by atoms with Gasteiger partial charge in [0.05, 0.1) is 5.69 Å². The highest BCUT2D eigenvalue weighted by Gasteiger charge is 2.15. The van der Waals surface area contributed by atoms with E-state index in [0.717, 1.165) is 17.5 Å². The molecule has 1 aromatic carbocycles. The third-order valence-electron chi connectivity index (χ3n) is 3.08. The number of hydrogen-bond donors (Lipinski definition) is 3. The molecule has 2 aromatic rings. The first-order valence-corrected chi connectivity index (χ1v) is 6.71. The number of carbonyl (C=O) groups excluding carboxylic acids is 1. The van der Waals surface area contributed by atoms with E-state index in [1.54, 1.807) is 0 Å². The predicted molar refractivity (Wildman–Crippen MR) is 79.6 cm³/mol. The van der Waals surface area contributed by atoms with E-state index in [1.165, 1.54) is 6.20 Å². The van der Waals surface area contributed by atoms with Crippen LogP contribution in [0.2, 0.25) is 0 Å². The molecule has 1 heterocycles. The Morgan fingerprint density at radius 2 is 2.05 bits per heavy atom. The second-order valence-electron chi connectivity index (χ2n) is 4.55. The summed E-state index contributed by atoms with van der Waals surface area (Å²) in [6.45, 7) is 1.42. The molecule has 0 aliphatic carbocycles. The van der Waals surface area contributed by atoms with Gasteiger partial charge in [0.2, 0.25) is 0 Å². The van der Waals surface area contributed by atoms with Gasteiger partial charge < -0.3 is 15.4 Å². The Kier molecular flexibility index (Phi) is 4.67. The van der Waals surface area contributed by atoms with Crippen LogP contribution in [-0.2, 0) is 11.2 Å². The summed E-state index contributed by atoms with van der Waals surface area (Å²) in [7, 11) is 0. The van der Waals surface area contributed by atoms with Crippen molar-refractivity contribution in [3.8, 4) is 11.3 Å². The van der Waals surface area contributed by atoms with Crippen molar-refractivity contribution in [2.45, 2.75) is 13.3 Å². The number of H-pyrrole nitrogens is 1. The quantitative estimate of drug-likeness (QED) is 0.756. The molecule has 1 aromatic heterocycles. The molecule has 2 rings (SSSR count). The van der Waals surface area contributed by atoms with Crippen LogP contribution >= 0.6 is 0 Å². The zero-order valence-electron chi connectivity index (χ0n) is 11.9. The molecular weight excluding hydrogens is 286 g/mol. The van der Waals surface area contributed by atoms with Gasteiger partial charge in [-0.3, -0.25) is 14.4 Å². The molecule has 0 saturated carbocycles. The van der Waals surface area contributed by atoms with Crippen LogP contribution in [0.15, 0.2) is 35.3 Å². The summed E-state index contributed by atoms with van der Waals surface area (Å²) in [4.78, 5) is 40.6. The Labute approximate surface area is 126 Å². The van der Waals surface area contributed by atoms with Gasteiger partial charge in [-0.25, -0.2) is 4.98 Å². The summed E-state index contributed by atoms with van der Waals surface area (Å²) in [6.07, 6.45) is 2.21. The number of benzene rings is 1. The lowest BCUT2D eigenvalue weighted by atomic mass is 10.0. The fraction of sp³-hybridized carbons (Fsp3) is 0.200. The molecule has 0 aliphatic rings. The molecule has 3 N–H and O–H groups in total. The summed E-state index contributed by atoms with van der Waals surface area (Å²) >= 11 is 0. The van der Waals surface area contributed by atoms with Crippen molar-refractivity contribution in [1.29, 1.82) is 0 Å². The molecule has 22 heavy (non-hydrogen) atoms. The third kappa shape index (κ3) is 3.38. The average molecular weight is 301 g/mol. The number of nitrogens with one attached hydrogen (secondary N) is 2. The molecule has 0 spiro atoms. The molecule has 1 amide bonds. The minimum absolute atomic E-state index is 0.357. The van der Waals surface area contributed by atoms with Crippen LogP contribution in [0.25, 0.3) is 11.3 Å². The highest BCUT2D eigenvalue weighted by molar-refractivity contribution is 5.94. The van der Waals surface area contributed by atoms with Gasteiger partial charge in [0.1, 0.15) is 6.54 Å². The lowest BCUT2D eigenvalue weighted by molar-refractivity contribution is -0.135. The maximum absolute atomic E-state index is 11.9. The van der Waals surface area contributed by atoms with E-state index >= 15 is 0 Å². The molecule has 0 atom stereocenters. The van der Waals surface area contributed by atoms with Crippen molar-refractivity contribution >= 4 is 11.9 Å². The number of rotatable bonds is 5. The van der Waals surface area contributed by atoms with Crippen LogP contribution in [0.3, 0.4) is 0 Å². The summed E-state index contributed by atoms with van der Waals surface area (Å²) < 4.78 is 0. The second kappa shape index (κ2) is 6.66. The molecular formula is C15H15N3O4. The van der Waals surface area contributed by atoms with Crippen LogP contribution in [0, 0.1) is 0 Å². The lowest BCUT2D eigenvalue weighted by Crippen LogP contribution is -2.34. The standard InChI is InChI=1S/C15H15N3O4/c1-2-9-5-3-4-6-10(9)11-7-16-14(21)13(18-11)15(22)17-8-12(19)20/h3-7H,2,8H2,1H3,(H,16,21)(H,17,22)(H,19,20). The van der Waals surface area contributed by atoms with Gasteiger partial charge in [0.25, 0.3) is 11.5 Å². The molecule has 0 bridgehead atoms. The van der Waals surface area contributed by atoms with Gasteiger partial charge in [-0.1, -0.05) is 31.2 Å². The minimum Gasteiger partial charge on any atom is -0.480 e. The summed E-state index contributed by atoms with van der Waals surface area (Å²) in [6, 6.07) is 7.52. The van der Waals surface area contributed by atoms with Gasteiger partial charge >= 0.3 is 5.97 Å². The monoisotopic (exact) mass is 301 g/mol. The number of hydrogen-bond acceptors (Lipinski definition) is 4. The number of aliphatic carboxylic acids is 1. The normalized spacial score (nSPS) is 10.2. The van der Waals surface area contributed by atoms with E-state index in [9.17, 15) is 14.4 Å². The van der Waals surface area contributed by atoms with E-state index in [4.69, 9.17) is 5.11 Å². The zero-order chi connectivity index (χ0) is 16.1. The number of aromatic amines is 1. The van der Waals surface area contributed by atoms with Crippen molar-refractivity contribution in [2.24, 2.45) is 0 Å². The Hall–Kier alpha value is -2.96. The van der Waals surface area contributed by atoms with Crippen molar-refractivity contribution in [1.82, 2.24) is 15.3 Å². The lowest BCUT2D eigenvalue weighted by Gasteiger charge is -2.08. The molecule has 0 aliphatic heterocycles. The van der Waals surface area contributed by atoms with Gasteiger partial charge in [-0.05, 0) is 12.0 Å². The van der Waals surface area contributed by atoms with Gasteiger partial charge in [0, 0.05) is 11.8 Å². The maximum atomic E-state index is 11.9. The summed E-state index contributed by atoms with van der Waals surface area (Å²) in [5.74, 6) is -2.02. The van der Waals surface area contributed by atoms with Crippen LogP contribution in [-0.4, -0.2) is 33.5 Å². The largest absolute Gasteiger partial charge is 0.480 e. The first-order chi connectivity index (χ1) is 10.5. The number of aromatic nitrogens is 2. The first-order valence-electron chi connectivity index (χ1n) is 6.71. The Morgan fingerprint density at radius 1 is 1.32 bits per heavy atom.